The molecular formula is C8H13NO4. The van der Waals surface area contributed by atoms with Crippen molar-refractivity contribution in [1.82, 2.24) is 4.90 Å². The van der Waals surface area contributed by atoms with Gasteiger partial charge in [0.2, 0.25) is 5.91 Å². The number of carboxylic acid groups (broad SMARTS) is 1. The quantitative estimate of drug-likeness (QED) is 0.612. The Hall–Kier alpha value is -1.10. The number of carbonyl (C=O) groups excluding carboxylic acids is 1. The molecule has 0 spiro atoms. The van der Waals surface area contributed by atoms with E-state index in [1.807, 2.05) is 0 Å². The maximum Gasteiger partial charge on any atom is 0.334 e. The Morgan fingerprint density at radius 3 is 2.77 bits per heavy atom. The molecule has 5 nitrogen and oxygen atoms in total. The summed E-state index contributed by atoms with van der Waals surface area (Å²) in [6.45, 7) is 2.58. The fourth-order valence-electron chi connectivity index (χ4n) is 1.26. The van der Waals surface area contributed by atoms with Gasteiger partial charge < -0.3 is 14.7 Å². The largest absolute Gasteiger partial charge is 0.479 e. The summed E-state index contributed by atoms with van der Waals surface area (Å²) < 4.78 is 5.05. The predicted octanol–water partition coefficient (Wildman–Crippen LogP) is -0.292. The van der Waals surface area contributed by atoms with Crippen LogP contribution in [0.15, 0.2) is 0 Å². The van der Waals surface area contributed by atoms with E-state index in [1.165, 1.54) is 11.8 Å². The molecule has 1 amide bonds. The Labute approximate surface area is 76.3 Å². The first-order valence-electron chi connectivity index (χ1n) is 4.21. The molecule has 1 N–H and O–H groups in total. The molecular weight excluding hydrogens is 174 g/mol. The third-order valence-electron chi connectivity index (χ3n) is 2.00. The molecule has 1 fully saturated rings. The van der Waals surface area contributed by atoms with Gasteiger partial charge in [0.05, 0.1) is 6.54 Å². The van der Waals surface area contributed by atoms with Crippen LogP contribution >= 0.6 is 0 Å². The minimum Gasteiger partial charge on any atom is -0.479 e. The molecule has 0 aromatic rings. The van der Waals surface area contributed by atoms with Gasteiger partial charge in [-0.15, -0.1) is 0 Å². The van der Waals surface area contributed by atoms with Crippen LogP contribution in [-0.2, 0) is 14.3 Å². The van der Waals surface area contributed by atoms with Crippen molar-refractivity contribution in [2.75, 3.05) is 19.7 Å². The average molecular weight is 187 g/mol. The van der Waals surface area contributed by atoms with E-state index in [0.29, 0.717) is 19.6 Å². The van der Waals surface area contributed by atoms with E-state index in [-0.39, 0.29) is 12.5 Å². The topological polar surface area (TPSA) is 66.8 Å². The molecule has 0 aromatic heterocycles. The lowest BCUT2D eigenvalue weighted by Gasteiger charge is -2.19. The van der Waals surface area contributed by atoms with Gasteiger partial charge in [0.15, 0.2) is 6.10 Å². The van der Waals surface area contributed by atoms with Crippen LogP contribution in [0.2, 0.25) is 0 Å². The molecule has 0 radical (unpaired) electrons. The zero-order chi connectivity index (χ0) is 9.84. The van der Waals surface area contributed by atoms with E-state index < -0.39 is 12.1 Å². The van der Waals surface area contributed by atoms with E-state index >= 15 is 0 Å². The van der Waals surface area contributed by atoms with Crippen molar-refractivity contribution >= 4 is 11.9 Å². The summed E-state index contributed by atoms with van der Waals surface area (Å²) in [5.74, 6) is -1.11. The fourth-order valence-corrected chi connectivity index (χ4v) is 1.26. The van der Waals surface area contributed by atoms with Crippen LogP contribution in [0.5, 0.6) is 0 Å². The Morgan fingerprint density at radius 2 is 2.23 bits per heavy atom. The van der Waals surface area contributed by atoms with Gasteiger partial charge in [-0.05, 0) is 6.42 Å². The molecule has 1 aliphatic rings. The number of carbonyl (C=O) groups is 2. The van der Waals surface area contributed by atoms with Crippen molar-refractivity contribution in [3.05, 3.63) is 0 Å². The van der Waals surface area contributed by atoms with Gasteiger partial charge in [-0.1, -0.05) is 0 Å². The molecule has 1 atom stereocenters. The zero-order valence-corrected chi connectivity index (χ0v) is 7.52. The molecule has 0 saturated carbocycles. The highest BCUT2D eigenvalue weighted by Gasteiger charge is 2.25. The van der Waals surface area contributed by atoms with Crippen LogP contribution < -0.4 is 0 Å². The molecule has 13 heavy (non-hydrogen) atoms. The van der Waals surface area contributed by atoms with Crippen molar-refractivity contribution in [2.45, 2.75) is 19.4 Å². The van der Waals surface area contributed by atoms with Crippen molar-refractivity contribution in [3.63, 3.8) is 0 Å². The number of amides is 1. The molecule has 5 heteroatoms. The fraction of sp³-hybridized carbons (Fsp3) is 0.750. The SMILES string of the molecule is CC(=O)N1CCCO[C@@H](C(=O)O)C1. The molecule has 1 aliphatic heterocycles. The number of ether oxygens (including phenoxy) is 1. The monoisotopic (exact) mass is 187 g/mol. The molecule has 1 heterocycles. The summed E-state index contributed by atoms with van der Waals surface area (Å²) in [6, 6.07) is 0. The van der Waals surface area contributed by atoms with E-state index in [9.17, 15) is 9.59 Å². The highest BCUT2D eigenvalue weighted by atomic mass is 16.5. The van der Waals surface area contributed by atoms with Gasteiger partial charge in [0.1, 0.15) is 0 Å². The maximum atomic E-state index is 11.0. The first kappa shape index (κ1) is 9.98. The summed E-state index contributed by atoms with van der Waals surface area (Å²) in [6.07, 6.45) is -0.171. The van der Waals surface area contributed by atoms with Crippen molar-refractivity contribution in [3.8, 4) is 0 Å². The minimum atomic E-state index is -1.01. The van der Waals surface area contributed by atoms with Gasteiger partial charge in [-0.25, -0.2) is 4.79 Å². The Kier molecular flexibility index (Phi) is 3.25. The highest BCUT2D eigenvalue weighted by Crippen LogP contribution is 2.06. The number of aliphatic carboxylic acids is 1. The number of carboxylic acids is 1. The van der Waals surface area contributed by atoms with Gasteiger partial charge in [0.25, 0.3) is 0 Å². The summed E-state index contributed by atoms with van der Waals surface area (Å²) in [5, 5.41) is 8.70. The number of nitrogens with zero attached hydrogens (tertiary/aromatic N) is 1. The molecule has 0 aliphatic carbocycles. The summed E-state index contributed by atoms with van der Waals surface area (Å²) >= 11 is 0. The van der Waals surface area contributed by atoms with Crippen molar-refractivity contribution in [1.29, 1.82) is 0 Å². The summed E-state index contributed by atoms with van der Waals surface area (Å²) in [5.41, 5.74) is 0. The van der Waals surface area contributed by atoms with Gasteiger partial charge >= 0.3 is 5.97 Å². The predicted molar refractivity (Wildman–Crippen MR) is 44.2 cm³/mol. The first-order valence-corrected chi connectivity index (χ1v) is 4.21. The molecule has 0 aromatic carbocycles. The second-order valence-corrected chi connectivity index (χ2v) is 3.02. The van der Waals surface area contributed by atoms with Crippen LogP contribution in [0, 0.1) is 0 Å². The van der Waals surface area contributed by atoms with Crippen molar-refractivity contribution < 1.29 is 19.4 Å². The second kappa shape index (κ2) is 4.23. The third kappa shape index (κ3) is 2.69. The lowest BCUT2D eigenvalue weighted by Crippen LogP contribution is -2.38. The summed E-state index contributed by atoms with van der Waals surface area (Å²) in [4.78, 5) is 23.1. The van der Waals surface area contributed by atoms with E-state index in [1.54, 1.807) is 0 Å². The van der Waals surface area contributed by atoms with E-state index in [0.717, 1.165) is 0 Å². The molecule has 0 bridgehead atoms. The normalized spacial score (nSPS) is 23.8. The van der Waals surface area contributed by atoms with Crippen LogP contribution in [0.25, 0.3) is 0 Å². The number of hydrogen-bond donors (Lipinski definition) is 1. The molecule has 1 rings (SSSR count). The maximum absolute atomic E-state index is 11.0. The average Bonchev–Trinajstić information content (AvgIpc) is 2.28. The minimum absolute atomic E-state index is 0.100. The van der Waals surface area contributed by atoms with Gasteiger partial charge in [-0.2, -0.15) is 0 Å². The molecule has 0 unspecified atom stereocenters. The van der Waals surface area contributed by atoms with E-state index in [2.05, 4.69) is 0 Å². The van der Waals surface area contributed by atoms with E-state index in [4.69, 9.17) is 9.84 Å². The first-order chi connectivity index (χ1) is 6.11. The number of hydrogen-bond acceptors (Lipinski definition) is 3. The smallest absolute Gasteiger partial charge is 0.334 e. The lowest BCUT2D eigenvalue weighted by atomic mass is 10.3. The summed E-state index contributed by atoms with van der Waals surface area (Å²) in [7, 11) is 0. The molecule has 74 valence electrons. The lowest BCUT2D eigenvalue weighted by molar-refractivity contribution is -0.151. The Balaban J connectivity index is 2.59. The van der Waals surface area contributed by atoms with Gasteiger partial charge in [0, 0.05) is 20.1 Å². The van der Waals surface area contributed by atoms with Crippen molar-refractivity contribution in [2.24, 2.45) is 0 Å². The molecule has 1 saturated heterocycles. The highest BCUT2D eigenvalue weighted by molar-refractivity contribution is 5.76. The van der Waals surface area contributed by atoms with Crippen LogP contribution in [0.4, 0.5) is 0 Å². The number of rotatable bonds is 1. The van der Waals surface area contributed by atoms with Crippen LogP contribution in [0.1, 0.15) is 13.3 Å². The Morgan fingerprint density at radius 1 is 1.54 bits per heavy atom. The zero-order valence-electron chi connectivity index (χ0n) is 7.52. The van der Waals surface area contributed by atoms with Crippen LogP contribution in [-0.4, -0.2) is 47.7 Å². The third-order valence-corrected chi connectivity index (χ3v) is 2.00. The van der Waals surface area contributed by atoms with Gasteiger partial charge in [-0.3, -0.25) is 4.79 Å². The Bertz CT molecular complexity index is 194. The second-order valence-electron chi connectivity index (χ2n) is 3.02. The standard InChI is InChI=1S/C8H13NO4/c1-6(10)9-3-2-4-13-7(5-9)8(11)12/h7H,2-5H2,1H3,(H,11,12)/t7-/m1/s1. The van der Waals surface area contributed by atoms with Crippen LogP contribution in [0.3, 0.4) is 0 Å².